The summed E-state index contributed by atoms with van der Waals surface area (Å²) in [6, 6.07) is 3.77. The molecule has 3 rings (SSSR count). The fourth-order valence-corrected chi connectivity index (χ4v) is 3.78. The van der Waals surface area contributed by atoms with E-state index in [1.807, 2.05) is 24.0 Å². The normalized spacial score (nSPS) is 14.5. The van der Waals surface area contributed by atoms with E-state index in [4.69, 9.17) is 5.53 Å². The maximum absolute atomic E-state index is 12.9. The second-order valence-electron chi connectivity index (χ2n) is 6.38. The highest BCUT2D eigenvalue weighted by atomic mass is 32.1. The average molecular weight is 389 g/mol. The minimum Gasteiger partial charge on any atom is -0.302 e. The summed E-state index contributed by atoms with van der Waals surface area (Å²) in [5.74, 6) is 0.867. The van der Waals surface area contributed by atoms with E-state index in [2.05, 4.69) is 32.6 Å². The lowest BCUT2D eigenvalue weighted by Gasteiger charge is -2.24. The molecule has 1 amide bonds. The molecule has 0 spiro atoms. The summed E-state index contributed by atoms with van der Waals surface area (Å²) < 4.78 is 0. The number of pyridine rings is 1. The average Bonchev–Trinajstić information content (AvgIpc) is 3.41. The van der Waals surface area contributed by atoms with Crippen LogP contribution in [0, 0.1) is 11.8 Å². The predicted molar refractivity (Wildman–Crippen MR) is 106 cm³/mol. The van der Waals surface area contributed by atoms with E-state index in [0.717, 1.165) is 28.4 Å². The third-order valence-corrected chi connectivity index (χ3v) is 5.93. The van der Waals surface area contributed by atoms with Gasteiger partial charge in [0, 0.05) is 41.1 Å². The molecular weight excluding hydrogens is 368 g/mol. The molecule has 2 aromatic rings. The van der Waals surface area contributed by atoms with E-state index in [-0.39, 0.29) is 18.4 Å². The molecular formula is C17H20N6OS2. The minimum atomic E-state index is -0.187. The van der Waals surface area contributed by atoms with E-state index in [1.54, 1.807) is 12.4 Å². The summed E-state index contributed by atoms with van der Waals surface area (Å²) in [6.45, 7) is 2.67. The summed E-state index contributed by atoms with van der Waals surface area (Å²) in [5, 5.41) is 5.20. The Bertz CT molecular complexity index is 814. The molecule has 1 saturated carbocycles. The van der Waals surface area contributed by atoms with Crippen LogP contribution in [0.15, 0.2) is 29.6 Å². The number of carbonyl (C=O) groups is 1. The van der Waals surface area contributed by atoms with Gasteiger partial charge in [-0.15, -0.1) is 0 Å². The van der Waals surface area contributed by atoms with Gasteiger partial charge >= 0.3 is 0 Å². The number of hydrogen-bond donors (Lipinski definition) is 1. The fraction of sp³-hybridized carbons (Fsp3) is 0.471. The first-order valence-electron chi connectivity index (χ1n) is 8.47. The summed E-state index contributed by atoms with van der Waals surface area (Å²) >= 11 is 5.72. The molecule has 2 aromatic heterocycles. The Labute approximate surface area is 161 Å². The number of nitrogens with zero attached hydrogens (tertiary/aromatic N) is 6. The highest BCUT2D eigenvalue weighted by molar-refractivity contribution is 7.80. The zero-order valence-electron chi connectivity index (χ0n) is 14.4. The van der Waals surface area contributed by atoms with E-state index >= 15 is 0 Å². The molecule has 0 saturated heterocycles. The molecule has 0 N–H and O–H groups in total. The van der Waals surface area contributed by atoms with Crippen LogP contribution in [-0.2, 0) is 11.3 Å². The van der Waals surface area contributed by atoms with Crippen LogP contribution in [0.5, 0.6) is 0 Å². The summed E-state index contributed by atoms with van der Waals surface area (Å²) in [7, 11) is 0. The van der Waals surface area contributed by atoms with Gasteiger partial charge < -0.3 is 4.90 Å². The Hall–Kier alpha value is -2.09. The molecule has 2 heterocycles. The van der Waals surface area contributed by atoms with Crippen molar-refractivity contribution in [3.05, 3.63) is 40.7 Å². The van der Waals surface area contributed by atoms with Crippen LogP contribution in [0.3, 0.4) is 0 Å². The molecule has 0 bridgehead atoms. The van der Waals surface area contributed by atoms with Gasteiger partial charge in [0.05, 0.1) is 12.2 Å². The van der Waals surface area contributed by atoms with Crippen molar-refractivity contribution in [1.29, 1.82) is 0 Å². The van der Waals surface area contributed by atoms with Gasteiger partial charge in [-0.1, -0.05) is 23.4 Å². The number of aromatic nitrogens is 2. The number of thiazole rings is 1. The van der Waals surface area contributed by atoms with Crippen LogP contribution < -0.4 is 4.90 Å². The third kappa shape index (κ3) is 4.35. The number of azide groups is 1. The molecule has 0 radical (unpaired) electrons. The Balaban J connectivity index is 2.01. The SMILES string of the molecule is CC(CS)C(=O)N(CC1CC1)c1sc(-c2cccnc2)nc1CN=[N+]=[N-]. The molecule has 7 nitrogen and oxygen atoms in total. The maximum atomic E-state index is 12.9. The van der Waals surface area contributed by atoms with Crippen molar-refractivity contribution in [2.75, 3.05) is 17.2 Å². The van der Waals surface area contributed by atoms with Crippen molar-refractivity contribution < 1.29 is 4.79 Å². The van der Waals surface area contributed by atoms with Crippen molar-refractivity contribution in [2.45, 2.75) is 26.3 Å². The first-order valence-corrected chi connectivity index (χ1v) is 9.92. The van der Waals surface area contributed by atoms with Crippen molar-refractivity contribution in [1.82, 2.24) is 9.97 Å². The second kappa shape index (κ2) is 8.53. The van der Waals surface area contributed by atoms with Crippen LogP contribution in [0.2, 0.25) is 0 Å². The second-order valence-corrected chi connectivity index (χ2v) is 7.72. The van der Waals surface area contributed by atoms with Gasteiger partial charge in [-0.05, 0) is 36.4 Å². The first-order chi connectivity index (χ1) is 12.6. The van der Waals surface area contributed by atoms with Crippen molar-refractivity contribution in [3.8, 4) is 10.6 Å². The van der Waals surface area contributed by atoms with Crippen molar-refractivity contribution in [3.63, 3.8) is 0 Å². The van der Waals surface area contributed by atoms with Gasteiger partial charge in [0.1, 0.15) is 10.0 Å². The van der Waals surface area contributed by atoms with E-state index in [9.17, 15) is 4.79 Å². The van der Waals surface area contributed by atoms with E-state index in [0.29, 0.717) is 23.9 Å². The molecule has 136 valence electrons. The quantitative estimate of drug-likeness (QED) is 0.316. The molecule has 1 fully saturated rings. The maximum Gasteiger partial charge on any atom is 0.231 e. The lowest BCUT2D eigenvalue weighted by molar-refractivity contribution is -0.121. The monoisotopic (exact) mass is 388 g/mol. The predicted octanol–water partition coefficient (Wildman–Crippen LogP) is 4.32. The van der Waals surface area contributed by atoms with Crippen LogP contribution in [-0.4, -0.2) is 28.2 Å². The zero-order valence-corrected chi connectivity index (χ0v) is 16.2. The summed E-state index contributed by atoms with van der Waals surface area (Å²) in [4.78, 5) is 26.4. The molecule has 9 heteroatoms. The summed E-state index contributed by atoms with van der Waals surface area (Å²) in [5.41, 5.74) is 10.2. The Morgan fingerprint density at radius 2 is 2.38 bits per heavy atom. The number of thiol groups is 1. The number of amides is 1. The third-order valence-electron chi connectivity index (χ3n) is 4.21. The lowest BCUT2D eigenvalue weighted by atomic mass is 10.1. The zero-order chi connectivity index (χ0) is 18.5. The van der Waals surface area contributed by atoms with Crippen LogP contribution >= 0.6 is 24.0 Å². The molecule has 1 unspecified atom stereocenters. The van der Waals surface area contributed by atoms with Gasteiger partial charge in [0.25, 0.3) is 0 Å². The van der Waals surface area contributed by atoms with Crippen LogP contribution in [0.25, 0.3) is 21.0 Å². The van der Waals surface area contributed by atoms with Crippen molar-refractivity contribution >= 4 is 34.9 Å². The van der Waals surface area contributed by atoms with Gasteiger partial charge in [0.15, 0.2) is 0 Å². The first kappa shape index (κ1) is 18.7. The lowest BCUT2D eigenvalue weighted by Crippen LogP contribution is -2.37. The van der Waals surface area contributed by atoms with Gasteiger partial charge in [0.2, 0.25) is 5.91 Å². The molecule has 0 aromatic carbocycles. The van der Waals surface area contributed by atoms with Crippen LogP contribution in [0.4, 0.5) is 5.00 Å². The molecule has 1 atom stereocenters. The summed E-state index contributed by atoms with van der Waals surface area (Å²) in [6.07, 6.45) is 5.72. The Kier molecular flexibility index (Phi) is 6.13. The molecule has 1 aliphatic rings. The van der Waals surface area contributed by atoms with E-state index in [1.165, 1.54) is 11.3 Å². The minimum absolute atomic E-state index is 0.0375. The van der Waals surface area contributed by atoms with Crippen LogP contribution in [0.1, 0.15) is 25.5 Å². The Morgan fingerprint density at radius 3 is 3.00 bits per heavy atom. The number of hydrogen-bond acceptors (Lipinski definition) is 6. The number of anilines is 1. The highest BCUT2D eigenvalue weighted by Crippen LogP contribution is 2.39. The van der Waals surface area contributed by atoms with Gasteiger partial charge in [-0.25, -0.2) is 4.98 Å². The Morgan fingerprint density at radius 1 is 1.58 bits per heavy atom. The standard InChI is InChI=1S/C17H20N6OS2/c1-11(10-25)16(24)23(9-12-4-5-12)17-14(8-20-22-18)21-15(26-17)13-3-2-6-19-7-13/h2-3,6-7,11-12,25H,4-5,8-10H2,1H3. The molecule has 0 aliphatic heterocycles. The van der Waals surface area contributed by atoms with Gasteiger partial charge in [-0.2, -0.15) is 12.6 Å². The largest absolute Gasteiger partial charge is 0.302 e. The topological polar surface area (TPSA) is 94.9 Å². The number of carbonyl (C=O) groups excluding carboxylic acids is 1. The van der Waals surface area contributed by atoms with Crippen molar-refractivity contribution in [2.24, 2.45) is 17.0 Å². The van der Waals surface area contributed by atoms with Gasteiger partial charge in [-0.3, -0.25) is 9.78 Å². The van der Waals surface area contributed by atoms with E-state index < -0.39 is 0 Å². The smallest absolute Gasteiger partial charge is 0.231 e. The molecule has 1 aliphatic carbocycles. The fourth-order valence-electron chi connectivity index (χ4n) is 2.54. The number of rotatable bonds is 8. The molecule has 26 heavy (non-hydrogen) atoms. The highest BCUT2D eigenvalue weighted by Gasteiger charge is 2.32.